The number of benzene rings is 5. The third-order valence-electron chi connectivity index (χ3n) is 7.50. The summed E-state index contributed by atoms with van der Waals surface area (Å²) in [5, 5.41) is 0. The van der Waals surface area contributed by atoms with E-state index in [4.69, 9.17) is 0 Å². The van der Waals surface area contributed by atoms with E-state index in [1.54, 1.807) is 0 Å². The first-order valence-corrected chi connectivity index (χ1v) is 15.7. The minimum absolute atomic E-state index is 1.12. The molecule has 0 aliphatic heterocycles. The van der Waals surface area contributed by atoms with Crippen molar-refractivity contribution in [2.24, 2.45) is 0 Å². The Morgan fingerprint density at radius 1 is 0.432 bits per heavy atom. The van der Waals surface area contributed by atoms with Crippen LogP contribution in [0.15, 0.2) is 140 Å². The molecule has 0 aliphatic carbocycles. The Labute approximate surface area is 265 Å². The van der Waals surface area contributed by atoms with E-state index in [1.165, 1.54) is 43.1 Å². The second-order valence-corrected chi connectivity index (χ2v) is 12.0. The lowest BCUT2D eigenvalue weighted by Gasteiger charge is -2.26. The standard InChI is InChI=1S/C42H35NS/c1-32-13-23-38(24-14-32)43(39-25-17-36(18-26-39)16-15-34-9-5-3-6-10-34)40-27-19-37(20-28-40)21-29-41-31-33(2)42(44-41)30-22-35-11-7-4-8-12-35/h3-31H,1-2H3. The Balaban J connectivity index is 1.21. The van der Waals surface area contributed by atoms with Crippen molar-refractivity contribution in [3.63, 3.8) is 0 Å². The van der Waals surface area contributed by atoms with E-state index in [-0.39, 0.29) is 0 Å². The molecule has 2 heteroatoms. The molecule has 0 atom stereocenters. The maximum Gasteiger partial charge on any atom is 0.0462 e. The SMILES string of the molecule is Cc1ccc(N(c2ccc(C=Cc3ccccc3)cc2)c2ccc(C=Cc3cc(C)c(C=Cc4ccccc4)s3)cc2)cc1. The third-order valence-corrected chi connectivity index (χ3v) is 8.67. The van der Waals surface area contributed by atoms with Crippen LogP contribution < -0.4 is 4.90 Å². The van der Waals surface area contributed by atoms with Crippen LogP contribution in [-0.2, 0) is 0 Å². The molecular formula is C42H35NS. The maximum atomic E-state index is 2.31. The normalized spacial score (nSPS) is 11.6. The summed E-state index contributed by atoms with van der Waals surface area (Å²) in [6, 6.07) is 49.4. The zero-order valence-electron chi connectivity index (χ0n) is 25.1. The van der Waals surface area contributed by atoms with Gasteiger partial charge in [-0.15, -0.1) is 11.3 Å². The van der Waals surface area contributed by atoms with Crippen LogP contribution in [0.2, 0.25) is 0 Å². The van der Waals surface area contributed by atoms with Crippen molar-refractivity contribution in [3.8, 4) is 0 Å². The van der Waals surface area contributed by atoms with Gasteiger partial charge in [-0.1, -0.05) is 127 Å². The molecule has 0 fully saturated rings. The van der Waals surface area contributed by atoms with E-state index in [9.17, 15) is 0 Å². The fourth-order valence-electron chi connectivity index (χ4n) is 5.05. The van der Waals surface area contributed by atoms with Crippen molar-refractivity contribution in [2.45, 2.75) is 13.8 Å². The number of nitrogens with zero attached hydrogens (tertiary/aromatic N) is 1. The third kappa shape index (κ3) is 7.42. The molecule has 5 aromatic carbocycles. The summed E-state index contributed by atoms with van der Waals surface area (Å²) >= 11 is 1.82. The zero-order chi connectivity index (χ0) is 30.1. The van der Waals surface area contributed by atoms with E-state index in [0.29, 0.717) is 0 Å². The van der Waals surface area contributed by atoms with Gasteiger partial charge in [-0.3, -0.25) is 0 Å². The van der Waals surface area contributed by atoms with Gasteiger partial charge in [0, 0.05) is 26.8 Å². The summed E-state index contributed by atoms with van der Waals surface area (Å²) in [7, 11) is 0. The van der Waals surface area contributed by atoms with Gasteiger partial charge in [0.25, 0.3) is 0 Å². The minimum Gasteiger partial charge on any atom is -0.311 e. The number of aryl methyl sites for hydroxylation is 2. The highest BCUT2D eigenvalue weighted by molar-refractivity contribution is 7.14. The van der Waals surface area contributed by atoms with Crippen LogP contribution in [0.5, 0.6) is 0 Å². The Bertz CT molecular complexity index is 1870. The molecule has 1 nitrogen and oxygen atoms in total. The van der Waals surface area contributed by atoms with Crippen LogP contribution in [0, 0.1) is 13.8 Å². The quantitative estimate of drug-likeness (QED) is 0.153. The minimum atomic E-state index is 1.12. The van der Waals surface area contributed by atoms with Crippen molar-refractivity contribution >= 4 is 64.9 Å². The fraction of sp³-hybridized carbons (Fsp3) is 0.0476. The summed E-state index contributed by atoms with van der Waals surface area (Å²) in [5.74, 6) is 0. The summed E-state index contributed by atoms with van der Waals surface area (Å²) in [4.78, 5) is 4.85. The molecule has 0 radical (unpaired) electrons. The predicted octanol–water partition coefficient (Wildman–Crippen LogP) is 12.3. The first kappa shape index (κ1) is 28.9. The Hall–Kier alpha value is -5.18. The van der Waals surface area contributed by atoms with Crippen LogP contribution in [0.1, 0.15) is 43.1 Å². The Morgan fingerprint density at radius 2 is 0.841 bits per heavy atom. The number of hydrogen-bond acceptors (Lipinski definition) is 2. The van der Waals surface area contributed by atoms with Gasteiger partial charge >= 0.3 is 0 Å². The molecule has 0 spiro atoms. The first-order chi connectivity index (χ1) is 21.6. The molecule has 0 aliphatic rings. The Morgan fingerprint density at radius 3 is 1.34 bits per heavy atom. The Kier molecular flexibility index (Phi) is 9.11. The predicted molar refractivity (Wildman–Crippen MR) is 195 cm³/mol. The molecule has 0 saturated heterocycles. The molecule has 1 heterocycles. The molecule has 1 aromatic heterocycles. The van der Waals surface area contributed by atoms with E-state index < -0.39 is 0 Å². The van der Waals surface area contributed by atoms with Crippen molar-refractivity contribution in [1.29, 1.82) is 0 Å². The molecule has 0 bridgehead atoms. The summed E-state index contributed by atoms with van der Waals surface area (Å²) < 4.78 is 0. The molecule has 0 N–H and O–H groups in total. The lowest BCUT2D eigenvalue weighted by molar-refractivity contribution is 1.27. The van der Waals surface area contributed by atoms with E-state index in [2.05, 4.69) is 183 Å². The topological polar surface area (TPSA) is 3.24 Å². The van der Waals surface area contributed by atoms with Crippen molar-refractivity contribution in [2.75, 3.05) is 4.90 Å². The van der Waals surface area contributed by atoms with Gasteiger partial charge in [-0.25, -0.2) is 0 Å². The average molecular weight is 586 g/mol. The molecular weight excluding hydrogens is 551 g/mol. The van der Waals surface area contributed by atoms with E-state index in [1.807, 2.05) is 23.5 Å². The highest BCUT2D eigenvalue weighted by Gasteiger charge is 2.12. The second-order valence-electron chi connectivity index (χ2n) is 10.9. The zero-order valence-corrected chi connectivity index (χ0v) is 25.9. The number of thiophene rings is 1. The van der Waals surface area contributed by atoms with Crippen molar-refractivity contribution in [3.05, 3.63) is 183 Å². The fourth-order valence-corrected chi connectivity index (χ4v) is 6.03. The van der Waals surface area contributed by atoms with Crippen LogP contribution >= 0.6 is 11.3 Å². The largest absolute Gasteiger partial charge is 0.311 e. The van der Waals surface area contributed by atoms with Crippen LogP contribution in [0.4, 0.5) is 17.1 Å². The molecule has 0 amide bonds. The molecule has 214 valence electrons. The summed E-state index contributed by atoms with van der Waals surface area (Å²) in [6.07, 6.45) is 13.1. The van der Waals surface area contributed by atoms with Gasteiger partial charge in [0.15, 0.2) is 0 Å². The summed E-state index contributed by atoms with van der Waals surface area (Å²) in [5.41, 5.74) is 10.7. The first-order valence-electron chi connectivity index (χ1n) is 14.9. The smallest absolute Gasteiger partial charge is 0.0462 e. The van der Waals surface area contributed by atoms with Crippen molar-refractivity contribution < 1.29 is 0 Å². The molecule has 6 aromatic rings. The highest BCUT2D eigenvalue weighted by atomic mass is 32.1. The molecule has 44 heavy (non-hydrogen) atoms. The van der Waals surface area contributed by atoms with Crippen LogP contribution in [0.25, 0.3) is 36.5 Å². The van der Waals surface area contributed by atoms with Crippen LogP contribution in [0.3, 0.4) is 0 Å². The van der Waals surface area contributed by atoms with Gasteiger partial charge in [-0.05, 0) is 96.3 Å². The number of hydrogen-bond donors (Lipinski definition) is 0. The van der Waals surface area contributed by atoms with Gasteiger partial charge in [-0.2, -0.15) is 0 Å². The van der Waals surface area contributed by atoms with E-state index >= 15 is 0 Å². The highest BCUT2D eigenvalue weighted by Crippen LogP contribution is 2.35. The van der Waals surface area contributed by atoms with Gasteiger partial charge in [0.05, 0.1) is 0 Å². The van der Waals surface area contributed by atoms with Gasteiger partial charge < -0.3 is 4.90 Å². The number of rotatable bonds is 9. The average Bonchev–Trinajstić information content (AvgIpc) is 3.44. The summed E-state index contributed by atoms with van der Waals surface area (Å²) in [6.45, 7) is 4.31. The van der Waals surface area contributed by atoms with Gasteiger partial charge in [0.1, 0.15) is 0 Å². The van der Waals surface area contributed by atoms with Crippen molar-refractivity contribution in [1.82, 2.24) is 0 Å². The molecule has 0 saturated carbocycles. The molecule has 0 unspecified atom stereocenters. The molecule has 6 rings (SSSR count). The number of anilines is 3. The van der Waals surface area contributed by atoms with Crippen LogP contribution in [-0.4, -0.2) is 0 Å². The lowest BCUT2D eigenvalue weighted by Crippen LogP contribution is -2.09. The second kappa shape index (κ2) is 13.9. The lowest BCUT2D eigenvalue weighted by atomic mass is 10.1. The maximum absolute atomic E-state index is 2.31. The van der Waals surface area contributed by atoms with E-state index in [0.717, 1.165) is 17.1 Å². The monoisotopic (exact) mass is 585 g/mol. The van der Waals surface area contributed by atoms with Gasteiger partial charge in [0.2, 0.25) is 0 Å².